The lowest BCUT2D eigenvalue weighted by Gasteiger charge is -2.33. The van der Waals surface area contributed by atoms with Gasteiger partial charge in [0, 0.05) is 14.6 Å². The molecular formula is C14H21BrS. The van der Waals surface area contributed by atoms with Crippen molar-refractivity contribution in [1.82, 2.24) is 0 Å². The Kier molecular flexibility index (Phi) is 3.80. The van der Waals surface area contributed by atoms with Crippen LogP contribution in [0.15, 0.2) is 6.07 Å². The van der Waals surface area contributed by atoms with Gasteiger partial charge in [-0.15, -0.1) is 11.3 Å². The highest BCUT2D eigenvalue weighted by atomic mass is 79.9. The zero-order valence-electron chi connectivity index (χ0n) is 10.5. The fourth-order valence-corrected chi connectivity index (χ4v) is 5.47. The molecule has 1 aliphatic rings. The van der Waals surface area contributed by atoms with Gasteiger partial charge < -0.3 is 0 Å². The summed E-state index contributed by atoms with van der Waals surface area (Å²) in [4.78, 5) is 3.51. The maximum atomic E-state index is 4.00. The average Bonchev–Trinajstić information content (AvgIpc) is 2.85. The van der Waals surface area contributed by atoms with Crippen LogP contribution >= 0.6 is 27.3 Å². The van der Waals surface area contributed by atoms with E-state index in [0.717, 1.165) is 0 Å². The molecule has 1 aromatic heterocycles. The molecule has 1 fully saturated rings. The summed E-state index contributed by atoms with van der Waals surface area (Å²) < 4.78 is 0. The molecule has 0 bridgehead atoms. The van der Waals surface area contributed by atoms with E-state index in [1.807, 2.05) is 11.3 Å². The first-order valence-electron chi connectivity index (χ1n) is 6.30. The van der Waals surface area contributed by atoms with Crippen LogP contribution in [0.3, 0.4) is 0 Å². The van der Waals surface area contributed by atoms with Crippen LogP contribution in [-0.4, -0.2) is 0 Å². The van der Waals surface area contributed by atoms with Crippen molar-refractivity contribution in [3.8, 4) is 0 Å². The number of hydrogen-bond acceptors (Lipinski definition) is 1. The first kappa shape index (κ1) is 12.6. The molecule has 1 saturated carbocycles. The number of aryl methyl sites for hydroxylation is 2. The fourth-order valence-electron chi connectivity index (χ4n) is 3.10. The molecule has 2 rings (SSSR count). The molecule has 1 atom stereocenters. The molecule has 1 unspecified atom stereocenters. The van der Waals surface area contributed by atoms with Crippen LogP contribution in [0.4, 0.5) is 0 Å². The molecule has 16 heavy (non-hydrogen) atoms. The van der Waals surface area contributed by atoms with Crippen LogP contribution in [-0.2, 0) is 0 Å². The highest BCUT2D eigenvalue weighted by Gasteiger charge is 2.39. The van der Waals surface area contributed by atoms with Crippen molar-refractivity contribution < 1.29 is 0 Å². The number of thiophene rings is 1. The molecular weight excluding hydrogens is 280 g/mol. The molecule has 0 radical (unpaired) electrons. The van der Waals surface area contributed by atoms with E-state index in [-0.39, 0.29) is 0 Å². The molecule has 0 spiro atoms. The van der Waals surface area contributed by atoms with E-state index >= 15 is 0 Å². The molecule has 90 valence electrons. The van der Waals surface area contributed by atoms with Gasteiger partial charge in [0.2, 0.25) is 0 Å². The van der Waals surface area contributed by atoms with Crippen LogP contribution in [0.25, 0.3) is 0 Å². The van der Waals surface area contributed by atoms with E-state index in [9.17, 15) is 0 Å². The molecule has 0 amide bonds. The Hall–Kier alpha value is 0.180. The molecule has 0 nitrogen and oxygen atoms in total. The van der Waals surface area contributed by atoms with Crippen LogP contribution < -0.4 is 0 Å². The SMILES string of the molecule is CCC1(C(Br)c2cc(C)sc2C)CCCC1. The lowest BCUT2D eigenvalue weighted by molar-refractivity contribution is 0.279. The van der Waals surface area contributed by atoms with Crippen LogP contribution in [0.1, 0.15) is 59.2 Å². The molecule has 1 aromatic rings. The van der Waals surface area contributed by atoms with E-state index in [1.54, 1.807) is 5.56 Å². The Labute approximate surface area is 112 Å². The molecule has 0 N–H and O–H groups in total. The standard InChI is InChI=1S/C14H21BrS/c1-4-14(7-5-6-8-14)13(15)12-9-10(2)16-11(12)3/h9,13H,4-8H2,1-3H3. The highest BCUT2D eigenvalue weighted by molar-refractivity contribution is 9.09. The van der Waals surface area contributed by atoms with E-state index < -0.39 is 0 Å². The van der Waals surface area contributed by atoms with Crippen LogP contribution in [0.2, 0.25) is 0 Å². The first-order valence-corrected chi connectivity index (χ1v) is 8.03. The molecule has 0 saturated heterocycles. The van der Waals surface area contributed by atoms with Crippen molar-refractivity contribution >= 4 is 27.3 Å². The smallest absolute Gasteiger partial charge is 0.0462 e. The van der Waals surface area contributed by atoms with E-state index in [0.29, 0.717) is 10.2 Å². The van der Waals surface area contributed by atoms with Gasteiger partial charge >= 0.3 is 0 Å². The second kappa shape index (κ2) is 4.81. The summed E-state index contributed by atoms with van der Waals surface area (Å²) >= 11 is 5.94. The van der Waals surface area contributed by atoms with Gasteiger partial charge in [0.1, 0.15) is 0 Å². The van der Waals surface area contributed by atoms with Crippen molar-refractivity contribution in [2.75, 3.05) is 0 Å². The summed E-state index contributed by atoms with van der Waals surface area (Å²) in [5.74, 6) is 0. The van der Waals surface area contributed by atoms with Gasteiger partial charge in [-0.05, 0) is 50.2 Å². The fraction of sp³-hybridized carbons (Fsp3) is 0.714. The predicted octanol–water partition coefficient (Wildman–Crippen LogP) is 5.77. The monoisotopic (exact) mass is 300 g/mol. The van der Waals surface area contributed by atoms with Gasteiger partial charge in [-0.2, -0.15) is 0 Å². The van der Waals surface area contributed by atoms with E-state index in [4.69, 9.17) is 0 Å². The van der Waals surface area contributed by atoms with Crippen molar-refractivity contribution in [2.45, 2.75) is 57.7 Å². The third-order valence-corrected chi connectivity index (χ3v) is 6.64. The van der Waals surface area contributed by atoms with Gasteiger partial charge in [0.15, 0.2) is 0 Å². The molecule has 0 aliphatic heterocycles. The van der Waals surface area contributed by atoms with Gasteiger partial charge in [-0.1, -0.05) is 35.7 Å². The van der Waals surface area contributed by atoms with Crippen LogP contribution in [0, 0.1) is 19.3 Å². The Morgan fingerprint density at radius 3 is 2.44 bits per heavy atom. The van der Waals surface area contributed by atoms with Crippen molar-refractivity contribution in [3.63, 3.8) is 0 Å². The predicted molar refractivity (Wildman–Crippen MR) is 76.7 cm³/mol. The maximum absolute atomic E-state index is 4.00. The average molecular weight is 301 g/mol. The van der Waals surface area contributed by atoms with Gasteiger partial charge in [0.05, 0.1) is 0 Å². The topological polar surface area (TPSA) is 0 Å². The van der Waals surface area contributed by atoms with Crippen LogP contribution in [0.5, 0.6) is 0 Å². The zero-order valence-corrected chi connectivity index (χ0v) is 12.9. The lowest BCUT2D eigenvalue weighted by atomic mass is 9.78. The van der Waals surface area contributed by atoms with Gasteiger partial charge in [-0.25, -0.2) is 0 Å². The molecule has 1 aliphatic carbocycles. The minimum atomic E-state index is 0.526. The van der Waals surface area contributed by atoms with Crippen molar-refractivity contribution in [3.05, 3.63) is 21.4 Å². The quantitative estimate of drug-likeness (QED) is 0.622. The van der Waals surface area contributed by atoms with Gasteiger partial charge in [-0.3, -0.25) is 0 Å². The van der Waals surface area contributed by atoms with Crippen molar-refractivity contribution in [1.29, 1.82) is 0 Å². The Balaban J connectivity index is 2.29. The molecule has 0 aromatic carbocycles. The lowest BCUT2D eigenvalue weighted by Crippen LogP contribution is -2.21. The summed E-state index contributed by atoms with van der Waals surface area (Å²) in [7, 11) is 0. The number of halogens is 1. The number of alkyl halides is 1. The van der Waals surface area contributed by atoms with E-state index in [2.05, 4.69) is 42.8 Å². The van der Waals surface area contributed by atoms with Gasteiger partial charge in [0.25, 0.3) is 0 Å². The summed E-state index contributed by atoms with van der Waals surface area (Å²) in [6.45, 7) is 6.84. The molecule has 1 heterocycles. The summed E-state index contributed by atoms with van der Waals surface area (Å²) in [5.41, 5.74) is 2.07. The minimum absolute atomic E-state index is 0.526. The summed E-state index contributed by atoms with van der Waals surface area (Å²) in [6, 6.07) is 2.38. The molecule has 2 heteroatoms. The number of rotatable bonds is 3. The Morgan fingerprint density at radius 1 is 1.38 bits per heavy atom. The first-order chi connectivity index (χ1) is 7.59. The second-order valence-corrected chi connectivity index (χ2v) is 7.53. The van der Waals surface area contributed by atoms with Crippen molar-refractivity contribution in [2.24, 2.45) is 5.41 Å². The summed E-state index contributed by atoms with van der Waals surface area (Å²) in [5, 5.41) is 0. The second-order valence-electron chi connectivity index (χ2n) is 5.15. The highest BCUT2D eigenvalue weighted by Crippen LogP contribution is 2.55. The normalized spacial score (nSPS) is 21.2. The third kappa shape index (κ3) is 2.11. The minimum Gasteiger partial charge on any atom is -0.146 e. The Morgan fingerprint density at radius 2 is 2.00 bits per heavy atom. The third-order valence-electron chi connectivity index (χ3n) is 4.19. The Bertz CT molecular complexity index is 361. The number of hydrogen-bond donors (Lipinski definition) is 0. The summed E-state index contributed by atoms with van der Waals surface area (Å²) in [6.07, 6.45) is 6.93. The van der Waals surface area contributed by atoms with E-state index in [1.165, 1.54) is 41.9 Å². The zero-order chi connectivity index (χ0) is 11.8. The maximum Gasteiger partial charge on any atom is 0.0462 e. The largest absolute Gasteiger partial charge is 0.146 e.